The van der Waals surface area contributed by atoms with Crippen LogP contribution in [0.5, 0.6) is 0 Å². The van der Waals surface area contributed by atoms with Gasteiger partial charge in [0.15, 0.2) is 0 Å². The molecule has 47 heavy (non-hydrogen) atoms. The number of aromatic nitrogens is 3. The van der Waals surface area contributed by atoms with Crippen LogP contribution in [0.25, 0.3) is 83.2 Å². The summed E-state index contributed by atoms with van der Waals surface area (Å²) in [6.45, 7) is 0. The van der Waals surface area contributed by atoms with Gasteiger partial charge in [-0.05, 0) is 92.3 Å². The number of nitrogens with zero attached hydrogens (tertiary/aromatic N) is 3. The highest BCUT2D eigenvalue weighted by molar-refractivity contribution is 6.21. The van der Waals surface area contributed by atoms with Crippen molar-refractivity contribution in [3.8, 4) is 50.6 Å². The molecule has 3 heteroatoms. The third-order valence-corrected chi connectivity index (χ3v) is 9.03. The van der Waals surface area contributed by atoms with Crippen LogP contribution in [-0.4, -0.2) is 14.5 Å². The molecule has 0 aliphatic carbocycles. The minimum atomic E-state index is 0.927. The molecular formula is C44H29N3. The van der Waals surface area contributed by atoms with Gasteiger partial charge in [-0.25, -0.2) is 4.98 Å². The minimum Gasteiger partial charge on any atom is -0.292 e. The fourth-order valence-electron chi connectivity index (χ4n) is 6.99. The topological polar surface area (TPSA) is 30.7 Å². The lowest BCUT2D eigenvalue weighted by Gasteiger charge is -2.18. The second kappa shape index (κ2) is 11.2. The Morgan fingerprint density at radius 3 is 1.57 bits per heavy atom. The fourth-order valence-corrected chi connectivity index (χ4v) is 6.99. The highest BCUT2D eigenvalue weighted by Gasteiger charge is 2.19. The van der Waals surface area contributed by atoms with Gasteiger partial charge in [-0.1, -0.05) is 121 Å². The molecule has 0 saturated heterocycles. The third kappa shape index (κ3) is 4.60. The maximum atomic E-state index is 5.16. The van der Waals surface area contributed by atoms with E-state index in [2.05, 4.69) is 167 Å². The molecule has 9 rings (SSSR count). The molecule has 0 fully saturated rings. The van der Waals surface area contributed by atoms with Crippen molar-refractivity contribution in [3.63, 3.8) is 0 Å². The largest absolute Gasteiger partial charge is 0.292 e. The van der Waals surface area contributed by atoms with Crippen molar-refractivity contribution in [1.82, 2.24) is 14.5 Å². The smallest absolute Gasteiger partial charge is 0.145 e. The second-order valence-corrected chi connectivity index (χ2v) is 11.8. The molecule has 0 radical (unpaired) electrons. The average Bonchev–Trinajstić information content (AvgIpc) is 3.54. The highest BCUT2D eigenvalue weighted by atomic mass is 15.1. The van der Waals surface area contributed by atoms with E-state index in [0.717, 1.165) is 44.9 Å². The predicted molar refractivity (Wildman–Crippen MR) is 196 cm³/mol. The normalized spacial score (nSPS) is 11.4. The fraction of sp³-hybridized carbons (Fsp3) is 0. The molecule has 9 aromatic rings. The monoisotopic (exact) mass is 599 g/mol. The Bertz CT molecular complexity index is 2510. The zero-order valence-electron chi connectivity index (χ0n) is 25.6. The van der Waals surface area contributed by atoms with Gasteiger partial charge < -0.3 is 0 Å². The van der Waals surface area contributed by atoms with Crippen molar-refractivity contribution < 1.29 is 0 Å². The first-order valence-corrected chi connectivity index (χ1v) is 15.9. The number of benzene rings is 7. The maximum Gasteiger partial charge on any atom is 0.145 e. The number of hydrogen-bond donors (Lipinski definition) is 0. The van der Waals surface area contributed by atoms with E-state index in [1.807, 2.05) is 18.3 Å². The maximum absolute atomic E-state index is 5.16. The molecule has 0 spiro atoms. The first kappa shape index (κ1) is 27.0. The lowest BCUT2D eigenvalue weighted by Crippen LogP contribution is -1.97. The van der Waals surface area contributed by atoms with Gasteiger partial charge in [0, 0.05) is 23.0 Å². The van der Waals surface area contributed by atoms with Gasteiger partial charge in [0.25, 0.3) is 0 Å². The summed E-state index contributed by atoms with van der Waals surface area (Å²) in [4.78, 5) is 9.79. The summed E-state index contributed by atoms with van der Waals surface area (Å²) in [5.74, 6) is 0.927. The van der Waals surface area contributed by atoms with Crippen molar-refractivity contribution in [1.29, 1.82) is 0 Å². The van der Waals surface area contributed by atoms with E-state index in [-0.39, 0.29) is 0 Å². The van der Waals surface area contributed by atoms with Gasteiger partial charge in [0.05, 0.1) is 16.7 Å². The summed E-state index contributed by atoms with van der Waals surface area (Å²) in [6.07, 6.45) is 1.85. The van der Waals surface area contributed by atoms with Crippen LogP contribution >= 0.6 is 0 Å². The van der Waals surface area contributed by atoms with Crippen LogP contribution in [0, 0.1) is 0 Å². The first-order chi connectivity index (χ1) is 23.3. The average molecular weight is 600 g/mol. The lowest BCUT2D eigenvalue weighted by atomic mass is 9.85. The van der Waals surface area contributed by atoms with Crippen LogP contribution in [-0.2, 0) is 0 Å². The number of rotatable bonds is 5. The second-order valence-electron chi connectivity index (χ2n) is 11.8. The molecule has 0 bridgehead atoms. The molecule has 0 atom stereocenters. The molecule has 2 heterocycles. The molecule has 220 valence electrons. The Morgan fingerprint density at radius 1 is 0.404 bits per heavy atom. The van der Waals surface area contributed by atoms with Crippen molar-refractivity contribution in [3.05, 3.63) is 176 Å². The Kier molecular flexibility index (Phi) is 6.46. The molecule has 0 aliphatic heterocycles. The van der Waals surface area contributed by atoms with E-state index in [9.17, 15) is 0 Å². The van der Waals surface area contributed by atoms with Gasteiger partial charge in [-0.2, -0.15) is 0 Å². The van der Waals surface area contributed by atoms with Gasteiger partial charge in [-0.3, -0.25) is 9.55 Å². The van der Waals surface area contributed by atoms with E-state index in [4.69, 9.17) is 4.98 Å². The summed E-state index contributed by atoms with van der Waals surface area (Å²) in [7, 11) is 0. The molecule has 0 aliphatic rings. The van der Waals surface area contributed by atoms with E-state index in [0.29, 0.717) is 0 Å². The molecule has 0 N–H and O–H groups in total. The van der Waals surface area contributed by atoms with E-state index in [1.54, 1.807) is 0 Å². The Morgan fingerprint density at radius 2 is 0.936 bits per heavy atom. The molecular weight excluding hydrogens is 571 g/mol. The molecule has 0 unspecified atom stereocenters. The summed E-state index contributed by atoms with van der Waals surface area (Å²) in [5, 5.41) is 4.89. The molecule has 0 saturated carbocycles. The van der Waals surface area contributed by atoms with E-state index >= 15 is 0 Å². The Hall–Kier alpha value is -6.32. The summed E-state index contributed by atoms with van der Waals surface area (Å²) < 4.78 is 2.27. The van der Waals surface area contributed by atoms with Crippen LogP contribution in [0.3, 0.4) is 0 Å². The van der Waals surface area contributed by atoms with Crippen LogP contribution < -0.4 is 0 Å². The number of fused-ring (bicyclic) bond motifs is 3. The molecule has 7 aromatic carbocycles. The Balaban J connectivity index is 1.28. The summed E-state index contributed by atoms with van der Waals surface area (Å²) >= 11 is 0. The van der Waals surface area contributed by atoms with Crippen molar-refractivity contribution >= 4 is 32.6 Å². The third-order valence-electron chi connectivity index (χ3n) is 9.03. The van der Waals surface area contributed by atoms with E-state index in [1.165, 1.54) is 38.2 Å². The first-order valence-electron chi connectivity index (χ1n) is 15.9. The lowest BCUT2D eigenvalue weighted by molar-refractivity contribution is 1.10. The molecule has 3 nitrogen and oxygen atoms in total. The van der Waals surface area contributed by atoms with Crippen LogP contribution in [0.1, 0.15) is 0 Å². The molecule has 0 amide bonds. The van der Waals surface area contributed by atoms with E-state index < -0.39 is 0 Å². The van der Waals surface area contributed by atoms with Gasteiger partial charge in [-0.15, -0.1) is 0 Å². The number of pyridine rings is 1. The van der Waals surface area contributed by atoms with Gasteiger partial charge in [0.1, 0.15) is 5.82 Å². The SMILES string of the molecule is c1ccc(-n2c(-c3cccc(-c4c5ccccc5c(-c5cccc(-c6ccccn6)c5)c5ccccc45)c3)nc3ccccc32)cc1. The number of para-hydroxylation sites is 3. The quantitative estimate of drug-likeness (QED) is 0.184. The minimum absolute atomic E-state index is 0.927. The van der Waals surface area contributed by atoms with Crippen molar-refractivity contribution in [2.75, 3.05) is 0 Å². The van der Waals surface area contributed by atoms with Gasteiger partial charge in [0.2, 0.25) is 0 Å². The summed E-state index contributed by atoms with van der Waals surface area (Å²) in [6, 6.07) is 60.2. The standard InChI is InChI=1S/C44H29N3/c1-2-18-34(19-3-1)47-41-26-9-8-25-40(41)46-44(47)33-17-13-16-32(29-33)43-37-22-6-4-20-35(37)42(36-21-5-7-23-38(36)43)31-15-12-14-30(28-31)39-24-10-11-27-45-39/h1-29H. The number of hydrogen-bond acceptors (Lipinski definition) is 2. The van der Waals surface area contributed by atoms with Crippen LogP contribution in [0.2, 0.25) is 0 Å². The number of imidazole rings is 1. The van der Waals surface area contributed by atoms with Crippen molar-refractivity contribution in [2.45, 2.75) is 0 Å². The zero-order valence-corrected chi connectivity index (χ0v) is 25.6. The van der Waals surface area contributed by atoms with Crippen molar-refractivity contribution in [2.24, 2.45) is 0 Å². The Labute approximate surface area is 273 Å². The van der Waals surface area contributed by atoms with Crippen LogP contribution in [0.4, 0.5) is 0 Å². The summed E-state index contributed by atoms with van der Waals surface area (Å²) in [5.41, 5.74) is 11.1. The predicted octanol–water partition coefficient (Wildman–Crippen LogP) is 11.4. The highest BCUT2D eigenvalue weighted by Crippen LogP contribution is 2.44. The van der Waals surface area contributed by atoms with Crippen LogP contribution in [0.15, 0.2) is 176 Å². The zero-order chi connectivity index (χ0) is 31.2. The molecule has 2 aromatic heterocycles. The van der Waals surface area contributed by atoms with Gasteiger partial charge >= 0.3 is 0 Å².